The number of hydrogen-bond acceptors (Lipinski definition) is 3. The second-order valence-corrected chi connectivity index (χ2v) is 6.23. The number of hydrogen-bond donors (Lipinski definition) is 2. The molecule has 17 heavy (non-hydrogen) atoms. The summed E-state index contributed by atoms with van der Waals surface area (Å²) in [7, 11) is 0. The van der Waals surface area contributed by atoms with Gasteiger partial charge in [-0.1, -0.05) is 26.8 Å². The van der Waals surface area contributed by atoms with Crippen LogP contribution in [0.25, 0.3) is 0 Å². The van der Waals surface area contributed by atoms with Crippen LogP contribution in [-0.2, 0) is 5.41 Å². The summed E-state index contributed by atoms with van der Waals surface area (Å²) in [6.07, 6.45) is 2.87. The predicted molar refractivity (Wildman–Crippen MR) is 74.3 cm³/mol. The summed E-state index contributed by atoms with van der Waals surface area (Å²) < 4.78 is 0. The van der Waals surface area contributed by atoms with Crippen molar-refractivity contribution < 1.29 is 0 Å². The van der Waals surface area contributed by atoms with E-state index in [9.17, 15) is 0 Å². The first-order valence-corrected chi connectivity index (χ1v) is 6.19. The zero-order valence-corrected chi connectivity index (χ0v) is 11.7. The maximum Gasteiger partial charge on any atom is 0.126 e. The monoisotopic (exact) mass is 235 g/mol. The normalized spacial score (nSPS) is 12.6. The van der Waals surface area contributed by atoms with Gasteiger partial charge in [0.1, 0.15) is 5.82 Å². The molecule has 1 aromatic rings. The number of aromatic nitrogens is 1. The van der Waals surface area contributed by atoms with Crippen LogP contribution in [0, 0.1) is 0 Å². The van der Waals surface area contributed by atoms with E-state index >= 15 is 0 Å². The van der Waals surface area contributed by atoms with E-state index in [1.165, 1.54) is 5.56 Å². The minimum atomic E-state index is -0.00893. The predicted octanol–water partition coefficient (Wildman–Crippen LogP) is 2.92. The molecule has 96 valence electrons. The van der Waals surface area contributed by atoms with Crippen molar-refractivity contribution in [3.05, 3.63) is 23.9 Å². The van der Waals surface area contributed by atoms with E-state index in [4.69, 9.17) is 5.73 Å². The molecule has 0 amide bonds. The van der Waals surface area contributed by atoms with Crippen LogP contribution in [0.15, 0.2) is 18.3 Å². The third kappa shape index (κ3) is 4.35. The fraction of sp³-hybridized carbons (Fsp3) is 0.643. The highest BCUT2D eigenvalue weighted by Gasteiger charge is 2.18. The average Bonchev–Trinajstić information content (AvgIpc) is 2.16. The van der Waals surface area contributed by atoms with Crippen LogP contribution < -0.4 is 11.1 Å². The lowest BCUT2D eigenvalue weighted by Crippen LogP contribution is -2.33. The van der Waals surface area contributed by atoms with Crippen LogP contribution in [0.3, 0.4) is 0 Å². The first-order valence-electron chi connectivity index (χ1n) is 6.19. The number of nitrogens with one attached hydrogen (secondary N) is 1. The first-order chi connectivity index (χ1) is 7.74. The average molecular weight is 235 g/mol. The van der Waals surface area contributed by atoms with Crippen LogP contribution in [-0.4, -0.2) is 17.1 Å². The van der Waals surface area contributed by atoms with Crippen LogP contribution >= 0.6 is 0 Å². The van der Waals surface area contributed by atoms with E-state index in [2.05, 4.69) is 51.0 Å². The minimum absolute atomic E-state index is 0.00893. The summed E-state index contributed by atoms with van der Waals surface area (Å²) in [5, 5.41) is 3.41. The molecule has 0 unspecified atom stereocenters. The molecule has 1 rings (SSSR count). The molecule has 0 bridgehead atoms. The Hall–Kier alpha value is -1.09. The molecule has 0 saturated carbocycles. The van der Waals surface area contributed by atoms with Gasteiger partial charge in [-0.3, -0.25) is 0 Å². The minimum Gasteiger partial charge on any atom is -0.365 e. The molecule has 0 saturated heterocycles. The second kappa shape index (κ2) is 5.05. The van der Waals surface area contributed by atoms with Gasteiger partial charge in [0.25, 0.3) is 0 Å². The molecular weight excluding hydrogens is 210 g/mol. The Morgan fingerprint density at radius 2 is 1.82 bits per heavy atom. The molecule has 0 aromatic carbocycles. The number of pyridine rings is 1. The second-order valence-electron chi connectivity index (χ2n) is 6.23. The largest absolute Gasteiger partial charge is 0.365 e. The molecule has 0 radical (unpaired) electrons. The van der Waals surface area contributed by atoms with Crippen molar-refractivity contribution in [1.82, 2.24) is 4.98 Å². The molecule has 3 N–H and O–H groups in total. The number of nitrogens with two attached hydrogens (primary N) is 1. The van der Waals surface area contributed by atoms with Gasteiger partial charge in [-0.15, -0.1) is 0 Å². The van der Waals surface area contributed by atoms with Crippen molar-refractivity contribution in [3.8, 4) is 0 Å². The van der Waals surface area contributed by atoms with Gasteiger partial charge in [0, 0.05) is 11.7 Å². The summed E-state index contributed by atoms with van der Waals surface area (Å²) in [6.45, 7) is 11.5. The van der Waals surface area contributed by atoms with E-state index in [-0.39, 0.29) is 11.0 Å². The van der Waals surface area contributed by atoms with Crippen LogP contribution in [0.2, 0.25) is 0 Å². The highest BCUT2D eigenvalue weighted by molar-refractivity contribution is 5.39. The Morgan fingerprint density at radius 3 is 2.24 bits per heavy atom. The molecule has 0 fully saturated rings. The van der Waals surface area contributed by atoms with Crippen molar-refractivity contribution in [2.24, 2.45) is 5.73 Å². The van der Waals surface area contributed by atoms with E-state index in [1.54, 1.807) is 0 Å². The molecule has 3 heteroatoms. The standard InChI is InChI=1S/C14H25N3/c1-13(2,3)11-6-7-12(16-10-11)17-14(4,5)8-9-15/h6-7,10H,8-9,15H2,1-5H3,(H,16,17). The molecule has 0 aliphatic carbocycles. The molecule has 0 aliphatic heterocycles. The Labute approximate surface area is 105 Å². The molecule has 0 aliphatic rings. The van der Waals surface area contributed by atoms with Gasteiger partial charge in [-0.2, -0.15) is 0 Å². The van der Waals surface area contributed by atoms with Crippen LogP contribution in [0.1, 0.15) is 46.6 Å². The fourth-order valence-corrected chi connectivity index (χ4v) is 1.68. The van der Waals surface area contributed by atoms with Crippen molar-refractivity contribution in [2.75, 3.05) is 11.9 Å². The lowest BCUT2D eigenvalue weighted by molar-refractivity contribution is 0.524. The zero-order chi connectivity index (χ0) is 13.1. The summed E-state index contributed by atoms with van der Waals surface area (Å²) in [6, 6.07) is 4.17. The van der Waals surface area contributed by atoms with E-state index in [0.29, 0.717) is 6.54 Å². The molecular formula is C14H25N3. The number of anilines is 1. The summed E-state index contributed by atoms with van der Waals surface area (Å²) in [5.41, 5.74) is 6.98. The lowest BCUT2D eigenvalue weighted by atomic mass is 9.88. The van der Waals surface area contributed by atoms with Crippen molar-refractivity contribution in [1.29, 1.82) is 0 Å². The van der Waals surface area contributed by atoms with E-state index < -0.39 is 0 Å². The Balaban J connectivity index is 2.75. The molecule has 1 aromatic heterocycles. The highest BCUT2D eigenvalue weighted by atomic mass is 15.0. The lowest BCUT2D eigenvalue weighted by Gasteiger charge is -2.27. The summed E-state index contributed by atoms with van der Waals surface area (Å²) in [5.74, 6) is 0.913. The Morgan fingerprint density at radius 1 is 1.18 bits per heavy atom. The fourth-order valence-electron chi connectivity index (χ4n) is 1.68. The van der Waals surface area contributed by atoms with E-state index in [0.717, 1.165) is 12.2 Å². The maximum absolute atomic E-state index is 5.59. The molecule has 1 heterocycles. The van der Waals surface area contributed by atoms with E-state index in [1.807, 2.05) is 12.3 Å². The van der Waals surface area contributed by atoms with Gasteiger partial charge in [-0.25, -0.2) is 4.98 Å². The van der Waals surface area contributed by atoms with Crippen LogP contribution in [0.5, 0.6) is 0 Å². The topological polar surface area (TPSA) is 50.9 Å². The van der Waals surface area contributed by atoms with Crippen LogP contribution in [0.4, 0.5) is 5.82 Å². The maximum atomic E-state index is 5.59. The SMILES string of the molecule is CC(C)(CCN)Nc1ccc(C(C)(C)C)cn1. The molecule has 3 nitrogen and oxygen atoms in total. The first kappa shape index (κ1) is 14.0. The van der Waals surface area contributed by atoms with Crippen molar-refractivity contribution in [3.63, 3.8) is 0 Å². The summed E-state index contributed by atoms with van der Waals surface area (Å²) in [4.78, 5) is 4.46. The molecule has 0 atom stereocenters. The van der Waals surface area contributed by atoms with Gasteiger partial charge >= 0.3 is 0 Å². The number of nitrogens with zero attached hydrogens (tertiary/aromatic N) is 1. The number of rotatable bonds is 4. The third-order valence-electron chi connectivity index (χ3n) is 2.87. The van der Waals surface area contributed by atoms with Gasteiger partial charge in [0.2, 0.25) is 0 Å². The smallest absolute Gasteiger partial charge is 0.126 e. The van der Waals surface area contributed by atoms with Gasteiger partial charge in [0.15, 0.2) is 0 Å². The quantitative estimate of drug-likeness (QED) is 0.843. The third-order valence-corrected chi connectivity index (χ3v) is 2.87. The molecule has 0 spiro atoms. The highest BCUT2D eigenvalue weighted by Crippen LogP contribution is 2.23. The van der Waals surface area contributed by atoms with Gasteiger partial charge in [0.05, 0.1) is 0 Å². The van der Waals surface area contributed by atoms with Crippen molar-refractivity contribution >= 4 is 5.82 Å². The zero-order valence-electron chi connectivity index (χ0n) is 11.7. The van der Waals surface area contributed by atoms with Gasteiger partial charge < -0.3 is 11.1 Å². The Kier molecular flexibility index (Phi) is 4.15. The van der Waals surface area contributed by atoms with Gasteiger partial charge in [-0.05, 0) is 43.9 Å². The summed E-state index contributed by atoms with van der Waals surface area (Å²) >= 11 is 0. The van der Waals surface area contributed by atoms with Crippen molar-refractivity contribution in [2.45, 2.75) is 52.0 Å². The Bertz CT molecular complexity index is 347.